The highest BCUT2D eigenvalue weighted by Gasteiger charge is 2.18. The van der Waals surface area contributed by atoms with Gasteiger partial charge in [-0.1, -0.05) is 0 Å². The number of nitrogens with zero attached hydrogens (tertiary/aromatic N) is 3. The summed E-state index contributed by atoms with van der Waals surface area (Å²) in [6.45, 7) is 1.38. The average Bonchev–Trinajstić information content (AvgIpc) is 2.55. The molecule has 0 radical (unpaired) electrons. The number of nitriles is 2. The highest BCUT2D eigenvalue weighted by atomic mass is 16.6. The maximum Gasteiger partial charge on any atom is 0.294 e. The van der Waals surface area contributed by atoms with Crippen molar-refractivity contribution in [3.8, 4) is 12.1 Å². The van der Waals surface area contributed by atoms with Gasteiger partial charge in [0.25, 0.3) is 5.69 Å². The van der Waals surface area contributed by atoms with Crippen LogP contribution in [0.4, 0.5) is 22.7 Å². The predicted octanol–water partition coefficient (Wildman–Crippen LogP) is 3.04. The van der Waals surface area contributed by atoms with Crippen LogP contribution in [0, 0.1) is 32.8 Å². The van der Waals surface area contributed by atoms with Gasteiger partial charge in [-0.05, 0) is 30.3 Å². The topological polar surface area (TPSA) is 132 Å². The molecule has 24 heavy (non-hydrogen) atoms. The summed E-state index contributed by atoms with van der Waals surface area (Å²) >= 11 is 0. The van der Waals surface area contributed by atoms with Gasteiger partial charge in [0.2, 0.25) is 5.91 Å². The number of benzene rings is 2. The quantitative estimate of drug-likeness (QED) is 0.657. The number of anilines is 3. The molecule has 0 aliphatic carbocycles. The molecule has 0 aliphatic rings. The van der Waals surface area contributed by atoms with E-state index in [0.717, 1.165) is 6.07 Å². The van der Waals surface area contributed by atoms with Crippen molar-refractivity contribution in [3.63, 3.8) is 0 Å². The Balaban J connectivity index is 2.38. The van der Waals surface area contributed by atoms with Gasteiger partial charge >= 0.3 is 0 Å². The summed E-state index contributed by atoms with van der Waals surface area (Å²) in [5.74, 6) is -0.211. The zero-order valence-electron chi connectivity index (χ0n) is 12.5. The summed E-state index contributed by atoms with van der Waals surface area (Å²) in [5.41, 5.74) is 0.886. The van der Waals surface area contributed by atoms with Crippen LogP contribution in [-0.2, 0) is 4.79 Å². The van der Waals surface area contributed by atoms with Gasteiger partial charge in [-0.15, -0.1) is 0 Å². The molecule has 0 aliphatic heterocycles. The Morgan fingerprint density at radius 2 is 1.62 bits per heavy atom. The number of amides is 1. The molecule has 1 amide bonds. The molecule has 8 nitrogen and oxygen atoms in total. The summed E-state index contributed by atoms with van der Waals surface area (Å²) in [6.07, 6.45) is 0. The van der Waals surface area contributed by atoms with Crippen LogP contribution < -0.4 is 10.6 Å². The first kappa shape index (κ1) is 16.5. The van der Waals surface area contributed by atoms with Crippen molar-refractivity contribution in [2.45, 2.75) is 6.92 Å². The molecule has 0 bridgehead atoms. The molecule has 0 aromatic heterocycles. The molecule has 0 heterocycles. The summed E-state index contributed by atoms with van der Waals surface area (Å²) in [4.78, 5) is 21.5. The van der Waals surface area contributed by atoms with Crippen LogP contribution >= 0.6 is 0 Å². The van der Waals surface area contributed by atoms with E-state index in [1.807, 2.05) is 6.07 Å². The molecular formula is C16H11N5O3. The predicted molar refractivity (Wildman–Crippen MR) is 86.6 cm³/mol. The van der Waals surface area contributed by atoms with Gasteiger partial charge in [0.05, 0.1) is 16.1 Å². The Morgan fingerprint density at radius 1 is 1.08 bits per heavy atom. The molecule has 0 spiro atoms. The zero-order chi connectivity index (χ0) is 17.7. The van der Waals surface area contributed by atoms with Gasteiger partial charge in [0.1, 0.15) is 17.8 Å². The van der Waals surface area contributed by atoms with Crippen LogP contribution in [0.1, 0.15) is 18.1 Å². The van der Waals surface area contributed by atoms with Gasteiger partial charge < -0.3 is 10.6 Å². The number of hydrogen-bond donors (Lipinski definition) is 2. The maximum absolute atomic E-state index is 11.2. The van der Waals surface area contributed by atoms with E-state index in [0.29, 0.717) is 11.4 Å². The Hall–Kier alpha value is -3.91. The third-order valence-electron chi connectivity index (χ3n) is 3.06. The fourth-order valence-corrected chi connectivity index (χ4v) is 2.02. The number of hydrogen-bond acceptors (Lipinski definition) is 6. The number of nitro groups is 1. The van der Waals surface area contributed by atoms with Gasteiger partial charge in [0, 0.05) is 24.4 Å². The van der Waals surface area contributed by atoms with Crippen molar-refractivity contribution in [1.82, 2.24) is 0 Å². The maximum atomic E-state index is 11.2. The summed E-state index contributed by atoms with van der Waals surface area (Å²) < 4.78 is 0. The van der Waals surface area contributed by atoms with E-state index in [4.69, 9.17) is 10.5 Å². The smallest absolute Gasteiger partial charge is 0.294 e. The minimum atomic E-state index is -0.629. The molecule has 2 rings (SSSR count). The lowest BCUT2D eigenvalue weighted by Crippen LogP contribution is -2.05. The highest BCUT2D eigenvalue weighted by molar-refractivity contribution is 5.89. The lowest BCUT2D eigenvalue weighted by atomic mass is 10.1. The minimum absolute atomic E-state index is 0.0421. The lowest BCUT2D eigenvalue weighted by Gasteiger charge is -2.09. The monoisotopic (exact) mass is 321 g/mol. The standard InChI is InChI=1S/C16H11N5O3/c1-10(22)19-13-2-4-14(5-3-13)20-15-6-11(8-17)12(9-18)7-16(15)21(23)24/h2-7,20H,1H3,(H,19,22). The second kappa shape index (κ2) is 6.90. The van der Waals surface area contributed by atoms with E-state index in [1.54, 1.807) is 30.3 Å². The molecular weight excluding hydrogens is 310 g/mol. The number of nitro benzene ring substituents is 1. The number of nitrogens with one attached hydrogen (secondary N) is 2. The first-order chi connectivity index (χ1) is 11.4. The summed E-state index contributed by atoms with van der Waals surface area (Å²) in [5, 5.41) is 34.6. The van der Waals surface area contributed by atoms with Crippen molar-refractivity contribution in [3.05, 3.63) is 57.6 Å². The van der Waals surface area contributed by atoms with Crippen molar-refractivity contribution in [2.75, 3.05) is 10.6 Å². The largest absolute Gasteiger partial charge is 0.350 e. The van der Waals surface area contributed by atoms with Gasteiger partial charge in [-0.2, -0.15) is 10.5 Å². The zero-order valence-corrected chi connectivity index (χ0v) is 12.5. The van der Waals surface area contributed by atoms with Gasteiger partial charge in [-0.25, -0.2) is 0 Å². The van der Waals surface area contributed by atoms with Crippen LogP contribution in [0.25, 0.3) is 0 Å². The number of carbonyl (C=O) groups is 1. The molecule has 0 saturated heterocycles. The molecule has 2 aromatic rings. The Morgan fingerprint density at radius 3 is 2.12 bits per heavy atom. The van der Waals surface area contributed by atoms with E-state index < -0.39 is 4.92 Å². The first-order valence-corrected chi connectivity index (χ1v) is 6.72. The normalized spacial score (nSPS) is 9.46. The highest BCUT2D eigenvalue weighted by Crippen LogP contribution is 2.31. The van der Waals surface area contributed by atoms with Gasteiger partial charge in [0.15, 0.2) is 0 Å². The van der Waals surface area contributed by atoms with Crippen LogP contribution in [0.15, 0.2) is 36.4 Å². The van der Waals surface area contributed by atoms with Gasteiger partial charge in [-0.3, -0.25) is 14.9 Å². The molecule has 0 unspecified atom stereocenters. The van der Waals surface area contributed by atoms with Crippen LogP contribution in [-0.4, -0.2) is 10.8 Å². The SMILES string of the molecule is CC(=O)Nc1ccc(Nc2cc(C#N)c(C#N)cc2[N+](=O)[O-])cc1. The molecule has 8 heteroatoms. The lowest BCUT2D eigenvalue weighted by molar-refractivity contribution is -0.383. The molecule has 2 aromatic carbocycles. The van der Waals surface area contributed by atoms with Crippen LogP contribution in [0.3, 0.4) is 0 Å². The summed E-state index contributed by atoms with van der Waals surface area (Å²) in [7, 11) is 0. The first-order valence-electron chi connectivity index (χ1n) is 6.72. The van der Waals surface area contributed by atoms with Crippen molar-refractivity contribution in [2.24, 2.45) is 0 Å². The summed E-state index contributed by atoms with van der Waals surface area (Å²) in [6, 6.07) is 12.4. The Labute approximate surface area is 137 Å². The second-order valence-electron chi connectivity index (χ2n) is 4.78. The van der Waals surface area contributed by atoms with Crippen LogP contribution in [0.2, 0.25) is 0 Å². The Kier molecular flexibility index (Phi) is 4.73. The molecule has 0 saturated carbocycles. The number of rotatable bonds is 4. The van der Waals surface area contributed by atoms with E-state index in [9.17, 15) is 14.9 Å². The molecule has 2 N–H and O–H groups in total. The van der Waals surface area contributed by atoms with Crippen molar-refractivity contribution >= 4 is 28.7 Å². The average molecular weight is 321 g/mol. The Bertz CT molecular complexity index is 892. The van der Waals surface area contributed by atoms with E-state index in [-0.39, 0.29) is 28.4 Å². The van der Waals surface area contributed by atoms with E-state index >= 15 is 0 Å². The minimum Gasteiger partial charge on any atom is -0.350 e. The fourth-order valence-electron chi connectivity index (χ4n) is 2.02. The third kappa shape index (κ3) is 3.64. The number of carbonyl (C=O) groups excluding carboxylic acids is 1. The molecule has 0 fully saturated rings. The van der Waals surface area contributed by atoms with Crippen molar-refractivity contribution < 1.29 is 9.72 Å². The fraction of sp³-hybridized carbons (Fsp3) is 0.0625. The molecule has 118 valence electrons. The van der Waals surface area contributed by atoms with E-state index in [2.05, 4.69) is 10.6 Å². The van der Waals surface area contributed by atoms with Crippen molar-refractivity contribution in [1.29, 1.82) is 10.5 Å². The molecule has 0 atom stereocenters. The van der Waals surface area contributed by atoms with Crippen LogP contribution in [0.5, 0.6) is 0 Å². The second-order valence-corrected chi connectivity index (χ2v) is 4.78. The van der Waals surface area contributed by atoms with E-state index in [1.165, 1.54) is 13.0 Å². The third-order valence-corrected chi connectivity index (χ3v) is 3.06.